The average molecular weight is 351 g/mol. The van der Waals surface area contributed by atoms with Gasteiger partial charge < -0.3 is 22.2 Å². The van der Waals surface area contributed by atoms with E-state index in [2.05, 4.69) is 62.3 Å². The molecular weight excluding hydrogens is 323 g/mol. The first-order valence-electron chi connectivity index (χ1n) is 4.69. The molecule has 0 fully saturated rings. The van der Waals surface area contributed by atoms with E-state index in [1.807, 2.05) is 0 Å². The van der Waals surface area contributed by atoms with E-state index in [0.717, 1.165) is 0 Å². The number of rotatable bonds is 0. The largest absolute Gasteiger partial charge is 4.00 e. The van der Waals surface area contributed by atoms with Crippen LogP contribution in [0.1, 0.15) is 43.0 Å². The van der Waals surface area contributed by atoms with Crippen molar-refractivity contribution in [1.82, 2.24) is 0 Å². The molecule has 0 rings (SSSR count). The van der Waals surface area contributed by atoms with E-state index >= 15 is 0 Å². The first kappa shape index (κ1) is 23.6. The van der Waals surface area contributed by atoms with Gasteiger partial charge in [0.05, 0.1) is 0 Å². The van der Waals surface area contributed by atoms with Gasteiger partial charge in [-0.3, -0.25) is 0 Å². The zero-order valence-corrected chi connectivity index (χ0v) is 13.9. The summed E-state index contributed by atoms with van der Waals surface area (Å²) in [5, 5.41) is 0. The van der Waals surface area contributed by atoms with Gasteiger partial charge in [-0.1, -0.05) is 41.5 Å². The molecule has 0 heterocycles. The first-order chi connectivity index (χ1) is 5.20. The van der Waals surface area contributed by atoms with Gasteiger partial charge in [-0.05, 0) is 0 Å². The normalized spacial score (nSPS) is 8.31. The van der Waals surface area contributed by atoms with Crippen LogP contribution in [0, 0.1) is 38.5 Å². The van der Waals surface area contributed by atoms with E-state index in [1.165, 1.54) is 0 Å². The van der Waals surface area contributed by atoms with Crippen molar-refractivity contribution in [2.45, 2.75) is 41.5 Å². The van der Waals surface area contributed by atoms with E-state index < -0.39 is 0 Å². The van der Waals surface area contributed by atoms with Crippen LogP contribution in [0.3, 0.4) is 0 Å². The van der Waals surface area contributed by atoms with Crippen molar-refractivity contribution in [2.24, 2.45) is 17.8 Å². The maximum absolute atomic E-state index is 3.64. The van der Waals surface area contributed by atoms with Crippen LogP contribution in [0.15, 0.2) is 0 Å². The molecule has 0 aliphatic rings. The van der Waals surface area contributed by atoms with Crippen LogP contribution in [0.5, 0.6) is 0 Å². The van der Waals surface area contributed by atoms with E-state index in [-0.39, 0.29) is 27.3 Å². The fourth-order valence-electron chi connectivity index (χ4n) is 0. The Labute approximate surface area is 107 Å². The van der Waals surface area contributed by atoms with Gasteiger partial charge >= 0.3 is 25.8 Å². The van der Waals surface area contributed by atoms with Crippen molar-refractivity contribution in [3.05, 3.63) is 20.8 Å². The second-order valence-corrected chi connectivity index (χ2v) is 4.18. The fourth-order valence-corrected chi connectivity index (χ4v) is 0. The van der Waals surface area contributed by atoms with Crippen molar-refractivity contribution in [3.8, 4) is 0 Å². The zero-order valence-electron chi connectivity index (χ0n) is 11.4. The van der Waals surface area contributed by atoms with Gasteiger partial charge in [0.1, 0.15) is 0 Å². The molecule has 0 aromatic rings. The summed E-state index contributed by atoms with van der Waals surface area (Å²) in [5.74, 6) is 1.75. The number of hydrogen-bond donors (Lipinski definition) is 0. The summed E-state index contributed by atoms with van der Waals surface area (Å²) >= 11 is 0. The Hall–Kier alpha value is 0.870. The van der Waals surface area contributed by atoms with Crippen LogP contribution in [0.4, 0.5) is 0 Å². The second kappa shape index (κ2) is 18.6. The SMILES string of the molecule is [CH2-]C(C)C.[CH2-]C(C)C.[CH2-]C(C)C.[H-].[Hf+4]. The summed E-state index contributed by atoms with van der Waals surface area (Å²) in [5.41, 5.74) is 0. The summed E-state index contributed by atoms with van der Waals surface area (Å²) in [4.78, 5) is 0. The molecule has 0 N–H and O–H groups in total. The van der Waals surface area contributed by atoms with Crippen LogP contribution in [0.25, 0.3) is 0 Å². The predicted molar refractivity (Wildman–Crippen MR) is 61.7 cm³/mol. The van der Waals surface area contributed by atoms with E-state index in [1.54, 1.807) is 0 Å². The topological polar surface area (TPSA) is 0 Å². The summed E-state index contributed by atoms with van der Waals surface area (Å²) in [6, 6.07) is 0. The van der Waals surface area contributed by atoms with Gasteiger partial charge in [0.25, 0.3) is 0 Å². The Balaban J connectivity index is -0.0000000270. The Bertz CT molecular complexity index is 38.8. The molecule has 0 spiro atoms. The number of hydrogen-bond acceptors (Lipinski definition) is 0. The molecule has 13 heavy (non-hydrogen) atoms. The van der Waals surface area contributed by atoms with E-state index in [9.17, 15) is 0 Å². The smallest absolute Gasteiger partial charge is 1.00 e. The van der Waals surface area contributed by atoms with Gasteiger partial charge in [-0.2, -0.15) is 17.8 Å². The van der Waals surface area contributed by atoms with Crippen molar-refractivity contribution < 1.29 is 27.3 Å². The molecule has 0 radical (unpaired) electrons. The molecule has 0 saturated heterocycles. The molecule has 1 heteroatoms. The van der Waals surface area contributed by atoms with E-state index in [0.29, 0.717) is 17.8 Å². The standard InChI is InChI=1S/3C4H9.Hf.H/c3*1-4(2)3;;/h3*4H,1H2,2-3H3;;/q3*-1;+4;-1. The third-order valence-corrected chi connectivity index (χ3v) is 0. The molecular formula is C12H28Hf. The first-order valence-corrected chi connectivity index (χ1v) is 4.69. The van der Waals surface area contributed by atoms with Gasteiger partial charge in [0, 0.05) is 0 Å². The summed E-state index contributed by atoms with van der Waals surface area (Å²) in [6.07, 6.45) is 0. The summed E-state index contributed by atoms with van der Waals surface area (Å²) in [6.45, 7) is 23.2. The van der Waals surface area contributed by atoms with Crippen molar-refractivity contribution >= 4 is 0 Å². The Kier molecular flexibility index (Phi) is 33.8. The third kappa shape index (κ3) is 2010. The predicted octanol–water partition coefficient (Wildman–Crippen LogP) is 4.54. The Morgan fingerprint density at radius 2 is 0.615 bits per heavy atom. The molecule has 0 atom stereocenters. The molecule has 0 nitrogen and oxygen atoms in total. The molecule has 0 saturated carbocycles. The molecule has 0 amide bonds. The minimum atomic E-state index is 0. The molecule has 80 valence electrons. The maximum Gasteiger partial charge on any atom is 4.00 e. The van der Waals surface area contributed by atoms with Gasteiger partial charge in [-0.15, -0.1) is 0 Å². The Morgan fingerprint density at radius 1 is 0.615 bits per heavy atom. The zero-order chi connectivity index (χ0) is 10.7. The quantitative estimate of drug-likeness (QED) is 0.444. The van der Waals surface area contributed by atoms with Crippen molar-refractivity contribution in [2.75, 3.05) is 0 Å². The van der Waals surface area contributed by atoms with Gasteiger partial charge in [0.15, 0.2) is 0 Å². The van der Waals surface area contributed by atoms with Crippen LogP contribution >= 0.6 is 0 Å². The fraction of sp³-hybridized carbons (Fsp3) is 0.750. The minimum absolute atomic E-state index is 0. The van der Waals surface area contributed by atoms with Crippen molar-refractivity contribution in [3.63, 3.8) is 0 Å². The monoisotopic (exact) mass is 352 g/mol. The molecule has 0 aliphatic heterocycles. The van der Waals surface area contributed by atoms with Crippen molar-refractivity contribution in [1.29, 1.82) is 0 Å². The van der Waals surface area contributed by atoms with Gasteiger partial charge in [0.2, 0.25) is 0 Å². The maximum atomic E-state index is 3.64. The van der Waals surface area contributed by atoms with Crippen LogP contribution in [0.2, 0.25) is 0 Å². The summed E-state index contributed by atoms with van der Waals surface area (Å²) < 4.78 is 0. The second-order valence-electron chi connectivity index (χ2n) is 4.18. The van der Waals surface area contributed by atoms with Crippen LogP contribution in [-0.2, 0) is 25.8 Å². The molecule has 0 unspecified atom stereocenters. The molecule has 0 aromatic heterocycles. The van der Waals surface area contributed by atoms with E-state index in [4.69, 9.17) is 0 Å². The average Bonchev–Trinajstić information content (AvgIpc) is 1.54. The van der Waals surface area contributed by atoms with Gasteiger partial charge in [-0.25, -0.2) is 0 Å². The summed E-state index contributed by atoms with van der Waals surface area (Å²) in [7, 11) is 0. The minimum Gasteiger partial charge on any atom is -1.00 e. The molecule has 0 aromatic carbocycles. The molecule has 0 bridgehead atoms. The third-order valence-electron chi connectivity index (χ3n) is 0. The van der Waals surface area contributed by atoms with Crippen LogP contribution < -0.4 is 0 Å². The Morgan fingerprint density at radius 3 is 0.615 bits per heavy atom. The van der Waals surface area contributed by atoms with Crippen LogP contribution in [-0.4, -0.2) is 0 Å². The molecule has 0 aliphatic carbocycles.